The Hall–Kier alpha value is -3.35. The monoisotopic (exact) mass is 410 g/mol. The van der Waals surface area contributed by atoms with E-state index in [1.165, 1.54) is 17.4 Å². The van der Waals surface area contributed by atoms with Crippen LogP contribution in [0, 0.1) is 0 Å². The molecular formula is C23H26N2O5. The molecule has 0 saturated carbocycles. The first-order chi connectivity index (χ1) is 14.3. The summed E-state index contributed by atoms with van der Waals surface area (Å²) in [5.41, 5.74) is 2.44. The molecule has 0 bridgehead atoms. The van der Waals surface area contributed by atoms with Crippen molar-refractivity contribution in [2.75, 3.05) is 23.4 Å². The van der Waals surface area contributed by atoms with E-state index in [1.807, 2.05) is 30.3 Å². The number of carbonyl (C=O) groups is 3. The Bertz CT molecular complexity index is 923. The van der Waals surface area contributed by atoms with Gasteiger partial charge in [0.1, 0.15) is 5.75 Å². The Morgan fingerprint density at radius 3 is 2.50 bits per heavy atom. The van der Waals surface area contributed by atoms with Crippen LogP contribution in [0.25, 0.3) is 0 Å². The number of nitrogens with zero attached hydrogens (tertiary/aromatic N) is 1. The molecule has 1 heterocycles. The van der Waals surface area contributed by atoms with Crippen molar-refractivity contribution >= 4 is 29.2 Å². The summed E-state index contributed by atoms with van der Waals surface area (Å²) in [4.78, 5) is 38.2. The molecule has 1 N–H and O–H groups in total. The zero-order valence-corrected chi connectivity index (χ0v) is 17.4. The zero-order valence-electron chi connectivity index (χ0n) is 17.4. The van der Waals surface area contributed by atoms with E-state index in [2.05, 4.69) is 19.2 Å². The first-order valence-electron chi connectivity index (χ1n) is 9.97. The number of hydrogen-bond acceptors (Lipinski definition) is 5. The van der Waals surface area contributed by atoms with E-state index in [9.17, 15) is 14.4 Å². The van der Waals surface area contributed by atoms with Crippen LogP contribution in [0.1, 0.15) is 38.7 Å². The van der Waals surface area contributed by atoms with Crippen LogP contribution in [0.2, 0.25) is 0 Å². The lowest BCUT2D eigenvalue weighted by Crippen LogP contribution is -2.40. The molecule has 1 atom stereocenters. The van der Waals surface area contributed by atoms with Crippen molar-refractivity contribution in [1.29, 1.82) is 0 Å². The number of hydrogen-bond donors (Lipinski definition) is 1. The van der Waals surface area contributed by atoms with Gasteiger partial charge in [-0.05, 0) is 42.7 Å². The fourth-order valence-electron chi connectivity index (χ4n) is 3.11. The van der Waals surface area contributed by atoms with E-state index in [0.717, 1.165) is 0 Å². The quantitative estimate of drug-likeness (QED) is 0.706. The highest BCUT2D eigenvalue weighted by Crippen LogP contribution is 2.31. The van der Waals surface area contributed by atoms with Crippen molar-refractivity contribution in [1.82, 2.24) is 0 Å². The Kier molecular flexibility index (Phi) is 6.72. The second-order valence-electron chi connectivity index (χ2n) is 7.45. The Morgan fingerprint density at radius 1 is 1.10 bits per heavy atom. The van der Waals surface area contributed by atoms with Crippen LogP contribution >= 0.6 is 0 Å². The summed E-state index contributed by atoms with van der Waals surface area (Å²) in [6.45, 7) is 5.80. The molecule has 7 heteroatoms. The lowest BCUT2D eigenvalue weighted by molar-refractivity contribution is -0.153. The van der Waals surface area contributed by atoms with Gasteiger partial charge >= 0.3 is 5.97 Å². The van der Waals surface area contributed by atoms with E-state index >= 15 is 0 Å². The standard InChI is InChI=1S/C23H26N2O5/c1-15(2)17-8-10-18(11-9-17)24-23(28)16(3)30-22(27)12-13-25-19-6-4-5-7-20(19)29-14-21(25)26/h4-11,15-16H,12-14H2,1-3H3,(H,24,28)/t16-/m0/s1. The highest BCUT2D eigenvalue weighted by Gasteiger charge is 2.26. The van der Waals surface area contributed by atoms with Crippen LogP contribution in [0.5, 0.6) is 5.75 Å². The zero-order chi connectivity index (χ0) is 21.7. The first kappa shape index (κ1) is 21.4. The molecule has 0 radical (unpaired) electrons. The van der Waals surface area contributed by atoms with Gasteiger partial charge in [-0.15, -0.1) is 0 Å². The predicted octanol–water partition coefficient (Wildman–Crippen LogP) is 3.50. The third kappa shape index (κ3) is 5.17. The van der Waals surface area contributed by atoms with E-state index in [0.29, 0.717) is 23.0 Å². The van der Waals surface area contributed by atoms with Crippen molar-refractivity contribution in [3.8, 4) is 5.75 Å². The maximum absolute atomic E-state index is 12.3. The number of amides is 2. The average Bonchev–Trinajstić information content (AvgIpc) is 2.73. The number of esters is 1. The predicted molar refractivity (Wildman–Crippen MR) is 114 cm³/mol. The molecule has 1 aliphatic rings. The Morgan fingerprint density at radius 2 is 1.80 bits per heavy atom. The van der Waals surface area contributed by atoms with Crippen molar-refractivity contribution in [2.24, 2.45) is 0 Å². The van der Waals surface area contributed by atoms with E-state index in [-0.39, 0.29) is 25.5 Å². The molecule has 0 fully saturated rings. The lowest BCUT2D eigenvalue weighted by atomic mass is 10.0. The number of rotatable bonds is 7. The normalized spacial score (nSPS) is 14.0. The van der Waals surface area contributed by atoms with Gasteiger partial charge in [-0.25, -0.2) is 0 Å². The SMILES string of the molecule is CC(C)c1ccc(NC(=O)[C@H](C)OC(=O)CCN2C(=O)COc3ccccc32)cc1. The molecule has 3 rings (SSSR count). The average molecular weight is 410 g/mol. The minimum atomic E-state index is -0.949. The molecular weight excluding hydrogens is 384 g/mol. The number of fused-ring (bicyclic) bond motifs is 1. The van der Waals surface area contributed by atoms with Gasteiger partial charge in [-0.1, -0.05) is 38.1 Å². The van der Waals surface area contributed by atoms with Gasteiger partial charge in [0.15, 0.2) is 12.7 Å². The topological polar surface area (TPSA) is 84.9 Å². The maximum Gasteiger partial charge on any atom is 0.308 e. The van der Waals surface area contributed by atoms with Gasteiger partial charge in [0.05, 0.1) is 12.1 Å². The van der Waals surface area contributed by atoms with Crippen LogP contribution in [0.15, 0.2) is 48.5 Å². The summed E-state index contributed by atoms with van der Waals surface area (Å²) >= 11 is 0. The van der Waals surface area contributed by atoms with Crippen molar-refractivity contribution in [3.63, 3.8) is 0 Å². The van der Waals surface area contributed by atoms with Gasteiger partial charge in [0, 0.05) is 12.2 Å². The van der Waals surface area contributed by atoms with Crippen LogP contribution in [-0.4, -0.2) is 37.0 Å². The highest BCUT2D eigenvalue weighted by molar-refractivity contribution is 5.98. The fourth-order valence-corrected chi connectivity index (χ4v) is 3.11. The number of carbonyl (C=O) groups excluding carboxylic acids is 3. The molecule has 30 heavy (non-hydrogen) atoms. The number of anilines is 2. The summed E-state index contributed by atoms with van der Waals surface area (Å²) < 4.78 is 10.6. The summed E-state index contributed by atoms with van der Waals surface area (Å²) in [6, 6.07) is 14.7. The van der Waals surface area contributed by atoms with Crippen LogP contribution in [0.4, 0.5) is 11.4 Å². The summed E-state index contributed by atoms with van der Waals surface area (Å²) in [6.07, 6.45) is -0.976. The maximum atomic E-state index is 12.3. The highest BCUT2D eigenvalue weighted by atomic mass is 16.5. The van der Waals surface area contributed by atoms with Crippen molar-refractivity contribution in [3.05, 3.63) is 54.1 Å². The van der Waals surface area contributed by atoms with Crippen LogP contribution < -0.4 is 15.0 Å². The Balaban J connectivity index is 1.51. The molecule has 0 spiro atoms. The fraction of sp³-hybridized carbons (Fsp3) is 0.348. The molecule has 0 unspecified atom stereocenters. The Labute approximate surface area is 176 Å². The van der Waals surface area contributed by atoms with Gasteiger partial charge < -0.3 is 19.7 Å². The molecule has 0 aliphatic carbocycles. The van der Waals surface area contributed by atoms with Gasteiger partial charge in [0.25, 0.3) is 11.8 Å². The van der Waals surface area contributed by atoms with Gasteiger partial charge in [-0.3, -0.25) is 14.4 Å². The van der Waals surface area contributed by atoms with Gasteiger partial charge in [0.2, 0.25) is 0 Å². The number of nitrogens with one attached hydrogen (secondary N) is 1. The van der Waals surface area contributed by atoms with Gasteiger partial charge in [-0.2, -0.15) is 0 Å². The molecule has 2 aromatic rings. The largest absolute Gasteiger partial charge is 0.482 e. The molecule has 1 aliphatic heterocycles. The minimum Gasteiger partial charge on any atom is -0.482 e. The second-order valence-corrected chi connectivity index (χ2v) is 7.45. The smallest absolute Gasteiger partial charge is 0.308 e. The number of ether oxygens (including phenoxy) is 2. The van der Waals surface area contributed by atoms with E-state index in [1.54, 1.807) is 18.2 Å². The van der Waals surface area contributed by atoms with E-state index < -0.39 is 18.0 Å². The second kappa shape index (κ2) is 9.43. The molecule has 158 valence electrons. The summed E-state index contributed by atoms with van der Waals surface area (Å²) in [5, 5.41) is 2.74. The van der Waals surface area contributed by atoms with E-state index in [4.69, 9.17) is 9.47 Å². The molecule has 0 saturated heterocycles. The summed E-state index contributed by atoms with van der Waals surface area (Å²) in [7, 11) is 0. The van der Waals surface area contributed by atoms with Crippen LogP contribution in [0.3, 0.4) is 0 Å². The third-order valence-electron chi connectivity index (χ3n) is 4.87. The third-order valence-corrected chi connectivity index (χ3v) is 4.87. The molecule has 7 nitrogen and oxygen atoms in total. The summed E-state index contributed by atoms with van der Waals surface area (Å²) in [5.74, 6) is -0.184. The molecule has 2 amide bonds. The minimum absolute atomic E-state index is 0.0270. The van der Waals surface area contributed by atoms with Crippen molar-refractivity contribution in [2.45, 2.75) is 39.2 Å². The first-order valence-corrected chi connectivity index (χ1v) is 9.97. The molecule has 2 aromatic carbocycles. The lowest BCUT2D eigenvalue weighted by Gasteiger charge is -2.29. The van der Waals surface area contributed by atoms with Crippen molar-refractivity contribution < 1.29 is 23.9 Å². The number of para-hydroxylation sites is 2. The van der Waals surface area contributed by atoms with Crippen LogP contribution in [-0.2, 0) is 19.1 Å². The molecule has 0 aromatic heterocycles. The number of benzene rings is 2.